The lowest BCUT2D eigenvalue weighted by atomic mass is 9.99. The van der Waals surface area contributed by atoms with Crippen LogP contribution in [0, 0.1) is 0 Å². The van der Waals surface area contributed by atoms with Crippen LogP contribution >= 0.6 is 11.6 Å². The number of methoxy groups -OCH3 is 1. The first-order valence-electron chi connectivity index (χ1n) is 7.26. The number of nitrogens with two attached hydrogens (primary N) is 1. The molecule has 1 aromatic heterocycles. The molecular formula is C14H23ClN4O2. The Morgan fingerprint density at radius 2 is 2.29 bits per heavy atom. The molecular weight excluding hydrogens is 292 g/mol. The molecule has 0 amide bonds. The van der Waals surface area contributed by atoms with Gasteiger partial charge in [0.1, 0.15) is 5.02 Å². The fourth-order valence-corrected chi connectivity index (χ4v) is 3.02. The summed E-state index contributed by atoms with van der Waals surface area (Å²) in [6.45, 7) is 5.05. The normalized spacial score (nSPS) is 22.9. The van der Waals surface area contributed by atoms with E-state index in [2.05, 4.69) is 10.00 Å². The molecule has 1 saturated heterocycles. The minimum atomic E-state index is -0.256. The standard InChI is InChI=1S/C14H23ClN4O2/c1-9(2)19-14(20)13(15)12(8-17-19)18-5-4-11(21-3)6-10(18)7-16/h8-11H,4-7,16H2,1-3H3. The van der Waals surface area contributed by atoms with Crippen LogP contribution in [0.2, 0.25) is 5.02 Å². The van der Waals surface area contributed by atoms with Crippen molar-refractivity contribution in [3.63, 3.8) is 0 Å². The van der Waals surface area contributed by atoms with Gasteiger partial charge in [-0.05, 0) is 26.7 Å². The molecule has 1 fully saturated rings. The second-order valence-corrected chi connectivity index (χ2v) is 6.03. The molecule has 1 aliphatic heterocycles. The number of piperidine rings is 1. The van der Waals surface area contributed by atoms with E-state index < -0.39 is 0 Å². The molecule has 6 nitrogen and oxygen atoms in total. The quantitative estimate of drug-likeness (QED) is 0.910. The van der Waals surface area contributed by atoms with Gasteiger partial charge in [0.15, 0.2) is 0 Å². The van der Waals surface area contributed by atoms with E-state index in [4.69, 9.17) is 22.1 Å². The van der Waals surface area contributed by atoms with E-state index in [0.717, 1.165) is 19.4 Å². The number of anilines is 1. The van der Waals surface area contributed by atoms with Gasteiger partial charge < -0.3 is 15.4 Å². The number of hydrogen-bond donors (Lipinski definition) is 1. The summed E-state index contributed by atoms with van der Waals surface area (Å²) in [5, 5.41) is 4.44. The van der Waals surface area contributed by atoms with Crippen LogP contribution < -0.4 is 16.2 Å². The van der Waals surface area contributed by atoms with E-state index >= 15 is 0 Å². The lowest BCUT2D eigenvalue weighted by Gasteiger charge is -2.40. The van der Waals surface area contributed by atoms with Crippen LogP contribution in [0.5, 0.6) is 0 Å². The minimum absolute atomic E-state index is 0.0198. The fraction of sp³-hybridized carbons (Fsp3) is 0.714. The molecule has 1 aromatic rings. The van der Waals surface area contributed by atoms with Crippen molar-refractivity contribution in [1.29, 1.82) is 0 Å². The molecule has 7 heteroatoms. The van der Waals surface area contributed by atoms with Crippen LogP contribution in [0.15, 0.2) is 11.0 Å². The van der Waals surface area contributed by atoms with Crippen LogP contribution in [0.25, 0.3) is 0 Å². The first-order valence-corrected chi connectivity index (χ1v) is 7.64. The average molecular weight is 315 g/mol. The predicted molar refractivity (Wildman–Crippen MR) is 84.1 cm³/mol. The first kappa shape index (κ1) is 16.3. The lowest BCUT2D eigenvalue weighted by Crippen LogP contribution is -2.49. The average Bonchev–Trinajstić information content (AvgIpc) is 2.49. The van der Waals surface area contributed by atoms with Crippen molar-refractivity contribution in [2.75, 3.05) is 25.1 Å². The Morgan fingerprint density at radius 1 is 1.57 bits per heavy atom. The molecule has 2 heterocycles. The van der Waals surface area contributed by atoms with Gasteiger partial charge in [0.05, 0.1) is 24.0 Å². The molecule has 0 bridgehead atoms. The van der Waals surface area contributed by atoms with Gasteiger partial charge in [-0.1, -0.05) is 11.6 Å². The fourth-order valence-electron chi connectivity index (χ4n) is 2.77. The van der Waals surface area contributed by atoms with Crippen molar-refractivity contribution in [3.8, 4) is 0 Å². The number of aromatic nitrogens is 2. The summed E-state index contributed by atoms with van der Waals surface area (Å²) in [6.07, 6.45) is 3.59. The third kappa shape index (κ3) is 3.22. The Balaban J connectivity index is 2.33. The lowest BCUT2D eigenvalue weighted by molar-refractivity contribution is 0.0709. The maximum Gasteiger partial charge on any atom is 0.287 e. The zero-order valence-electron chi connectivity index (χ0n) is 12.8. The summed E-state index contributed by atoms with van der Waals surface area (Å²) < 4.78 is 6.81. The van der Waals surface area contributed by atoms with Gasteiger partial charge >= 0.3 is 0 Å². The van der Waals surface area contributed by atoms with E-state index in [1.54, 1.807) is 13.3 Å². The Kier molecular flexibility index (Phi) is 5.24. The summed E-state index contributed by atoms with van der Waals surface area (Å²) >= 11 is 6.28. The minimum Gasteiger partial charge on any atom is -0.381 e. The van der Waals surface area contributed by atoms with Crippen molar-refractivity contribution in [3.05, 3.63) is 21.6 Å². The molecule has 0 aromatic carbocycles. The van der Waals surface area contributed by atoms with E-state index in [1.165, 1.54) is 4.68 Å². The molecule has 1 aliphatic rings. The van der Waals surface area contributed by atoms with Gasteiger partial charge in [-0.15, -0.1) is 0 Å². The molecule has 2 unspecified atom stereocenters. The van der Waals surface area contributed by atoms with Gasteiger partial charge in [-0.2, -0.15) is 5.10 Å². The van der Waals surface area contributed by atoms with Gasteiger partial charge in [0.25, 0.3) is 5.56 Å². The second kappa shape index (κ2) is 6.77. The van der Waals surface area contributed by atoms with E-state index in [-0.39, 0.29) is 28.8 Å². The summed E-state index contributed by atoms with van der Waals surface area (Å²) in [6, 6.07) is 0.0888. The highest BCUT2D eigenvalue weighted by atomic mass is 35.5. The van der Waals surface area contributed by atoms with E-state index in [9.17, 15) is 4.79 Å². The second-order valence-electron chi connectivity index (χ2n) is 5.65. The van der Waals surface area contributed by atoms with E-state index in [0.29, 0.717) is 12.2 Å². The number of rotatable bonds is 4. The number of hydrogen-bond acceptors (Lipinski definition) is 5. The number of halogens is 1. The smallest absolute Gasteiger partial charge is 0.287 e. The monoisotopic (exact) mass is 314 g/mol. The summed E-state index contributed by atoms with van der Waals surface area (Å²) in [5.74, 6) is 0. The van der Waals surface area contributed by atoms with Gasteiger partial charge in [0.2, 0.25) is 0 Å². The van der Waals surface area contributed by atoms with Crippen LogP contribution in [-0.2, 0) is 4.74 Å². The Morgan fingerprint density at radius 3 is 2.86 bits per heavy atom. The van der Waals surface area contributed by atoms with Crippen LogP contribution in [0.1, 0.15) is 32.7 Å². The van der Waals surface area contributed by atoms with E-state index in [1.807, 2.05) is 13.8 Å². The van der Waals surface area contributed by atoms with Crippen LogP contribution in [-0.4, -0.2) is 42.1 Å². The maximum absolute atomic E-state index is 12.3. The molecule has 21 heavy (non-hydrogen) atoms. The summed E-state index contributed by atoms with van der Waals surface area (Å²) in [4.78, 5) is 14.4. The Hall–Kier alpha value is -1.11. The molecule has 2 N–H and O–H groups in total. The summed E-state index contributed by atoms with van der Waals surface area (Å²) in [5.41, 5.74) is 6.28. The molecule has 118 valence electrons. The maximum atomic E-state index is 12.3. The van der Waals surface area contributed by atoms with Crippen molar-refractivity contribution >= 4 is 17.3 Å². The zero-order valence-corrected chi connectivity index (χ0v) is 13.5. The predicted octanol–water partition coefficient (Wildman–Crippen LogP) is 1.42. The SMILES string of the molecule is COC1CCN(c2cnn(C(C)C)c(=O)c2Cl)C(CN)C1. The topological polar surface area (TPSA) is 73.4 Å². The van der Waals surface area contributed by atoms with Crippen molar-refractivity contribution in [1.82, 2.24) is 9.78 Å². The molecule has 0 saturated carbocycles. The van der Waals surface area contributed by atoms with Crippen molar-refractivity contribution in [2.24, 2.45) is 5.73 Å². The van der Waals surface area contributed by atoms with Crippen LogP contribution in [0.4, 0.5) is 5.69 Å². The summed E-state index contributed by atoms with van der Waals surface area (Å²) in [7, 11) is 1.71. The number of nitrogens with zero attached hydrogens (tertiary/aromatic N) is 3. The molecule has 2 rings (SSSR count). The Labute approximate surface area is 129 Å². The zero-order chi connectivity index (χ0) is 15.6. The highest BCUT2D eigenvalue weighted by Gasteiger charge is 2.30. The van der Waals surface area contributed by atoms with Gasteiger partial charge in [0, 0.05) is 26.2 Å². The van der Waals surface area contributed by atoms with Crippen molar-refractivity contribution in [2.45, 2.75) is 44.9 Å². The largest absolute Gasteiger partial charge is 0.381 e. The van der Waals surface area contributed by atoms with Gasteiger partial charge in [-0.3, -0.25) is 4.79 Å². The molecule has 0 spiro atoms. The highest BCUT2D eigenvalue weighted by Crippen LogP contribution is 2.29. The van der Waals surface area contributed by atoms with Crippen LogP contribution in [0.3, 0.4) is 0 Å². The molecule has 0 radical (unpaired) electrons. The number of ether oxygens (including phenoxy) is 1. The Bertz CT molecular complexity index is 546. The molecule has 0 aliphatic carbocycles. The first-order chi connectivity index (χ1) is 9.99. The third-order valence-corrected chi connectivity index (χ3v) is 4.35. The third-order valence-electron chi connectivity index (χ3n) is 4.00. The van der Waals surface area contributed by atoms with Gasteiger partial charge in [-0.25, -0.2) is 4.68 Å². The molecule has 2 atom stereocenters. The van der Waals surface area contributed by atoms with Crippen molar-refractivity contribution < 1.29 is 4.74 Å². The highest BCUT2D eigenvalue weighted by molar-refractivity contribution is 6.33.